The molecule has 7 nitrogen and oxygen atoms in total. The van der Waals surface area contributed by atoms with Crippen LogP contribution in [0.1, 0.15) is 46.1 Å². The Balaban J connectivity index is 2.26. The van der Waals surface area contributed by atoms with Gasteiger partial charge in [-0.1, -0.05) is 44.2 Å². The number of hydrogen-bond donors (Lipinski definition) is 3. The van der Waals surface area contributed by atoms with E-state index in [1.165, 1.54) is 0 Å². The van der Waals surface area contributed by atoms with E-state index in [1.54, 1.807) is 37.4 Å². The first kappa shape index (κ1) is 28.7. The Bertz CT molecular complexity index is 796. The molecule has 0 bridgehead atoms. The van der Waals surface area contributed by atoms with Gasteiger partial charge in [0.25, 0.3) is 0 Å². The number of carboxylic acid groups (broad SMARTS) is 1. The number of Topliss-reactive ketones (excluding diaryl/α,β-unsaturated/α-hetero) is 1. The molecule has 3 unspecified atom stereocenters. The average Bonchev–Trinajstić information content (AvgIpc) is 2.82. The number of aliphatic carboxylic acids is 1. The molecule has 190 valence electrons. The molecule has 4 atom stereocenters. The van der Waals surface area contributed by atoms with Crippen LogP contribution in [0, 0.1) is 5.92 Å². The maximum absolute atomic E-state index is 13.8. The Morgan fingerprint density at radius 3 is 2.38 bits per heavy atom. The Morgan fingerprint density at radius 1 is 1.18 bits per heavy atom. The molecule has 3 N–H and O–H groups in total. The second kappa shape index (κ2) is 14.1. The number of benzene rings is 1. The van der Waals surface area contributed by atoms with Crippen LogP contribution in [0.3, 0.4) is 0 Å². The van der Waals surface area contributed by atoms with E-state index in [2.05, 4.69) is 10.6 Å². The molecule has 34 heavy (non-hydrogen) atoms. The third-order valence-electron chi connectivity index (χ3n) is 6.01. The maximum Gasteiger partial charge on any atom is 0.323 e. The number of carboxylic acids is 1. The monoisotopic (exact) mass is 510 g/mol. The summed E-state index contributed by atoms with van der Waals surface area (Å²) in [6.07, 6.45) is 1.83. The SMILES string of the molecule is CCOC(=O)C(CCc1ccccc1)N[C@@H](C)C(=O)C1C(C(=O)O)NCCC1(SCC)SCC. The zero-order chi connectivity index (χ0) is 25.1. The zero-order valence-corrected chi connectivity index (χ0v) is 22.2. The normalized spacial score (nSPS) is 21.4. The Labute approximate surface area is 211 Å². The highest BCUT2D eigenvalue weighted by molar-refractivity contribution is 8.18. The minimum atomic E-state index is -1.02. The highest BCUT2D eigenvalue weighted by Gasteiger charge is 2.53. The van der Waals surface area contributed by atoms with E-state index < -0.39 is 40.1 Å². The predicted octanol–water partition coefficient (Wildman–Crippen LogP) is 3.36. The van der Waals surface area contributed by atoms with Gasteiger partial charge in [-0.2, -0.15) is 0 Å². The summed E-state index contributed by atoms with van der Waals surface area (Å²) in [5.74, 6) is -0.759. The highest BCUT2D eigenvalue weighted by atomic mass is 32.2. The minimum absolute atomic E-state index is 0.185. The van der Waals surface area contributed by atoms with E-state index in [4.69, 9.17) is 4.74 Å². The van der Waals surface area contributed by atoms with Gasteiger partial charge >= 0.3 is 11.9 Å². The van der Waals surface area contributed by atoms with E-state index >= 15 is 0 Å². The van der Waals surface area contributed by atoms with Gasteiger partial charge in [0.15, 0.2) is 5.78 Å². The molecule has 9 heteroatoms. The molecule has 2 rings (SSSR count). The number of thioether (sulfide) groups is 2. The number of ketones is 1. The molecule has 1 aromatic rings. The molecule has 1 fully saturated rings. The van der Waals surface area contributed by atoms with Crippen molar-refractivity contribution in [1.82, 2.24) is 10.6 Å². The summed E-state index contributed by atoms with van der Waals surface area (Å²) in [6.45, 7) is 8.34. The van der Waals surface area contributed by atoms with Crippen molar-refractivity contribution in [1.29, 1.82) is 0 Å². The number of hydrogen-bond acceptors (Lipinski definition) is 8. The molecule has 1 saturated heterocycles. The van der Waals surface area contributed by atoms with Crippen LogP contribution in [0.25, 0.3) is 0 Å². The van der Waals surface area contributed by atoms with Crippen molar-refractivity contribution in [3.63, 3.8) is 0 Å². The van der Waals surface area contributed by atoms with Crippen LogP contribution in [0.15, 0.2) is 30.3 Å². The minimum Gasteiger partial charge on any atom is -0.480 e. The lowest BCUT2D eigenvalue weighted by molar-refractivity contribution is -0.148. The summed E-state index contributed by atoms with van der Waals surface area (Å²) in [7, 11) is 0. The number of carbonyl (C=O) groups is 3. The van der Waals surface area contributed by atoms with E-state index in [9.17, 15) is 19.5 Å². The lowest BCUT2D eigenvalue weighted by Crippen LogP contribution is -2.62. The molecular weight excluding hydrogens is 472 g/mol. The highest BCUT2D eigenvalue weighted by Crippen LogP contribution is 2.50. The fourth-order valence-corrected chi connectivity index (χ4v) is 7.89. The number of esters is 1. The summed E-state index contributed by atoms with van der Waals surface area (Å²) in [5, 5.41) is 16.2. The van der Waals surface area contributed by atoms with Crippen LogP contribution >= 0.6 is 23.5 Å². The number of ether oxygens (including phenoxy) is 1. The van der Waals surface area contributed by atoms with Gasteiger partial charge in [0.2, 0.25) is 0 Å². The van der Waals surface area contributed by atoms with Gasteiger partial charge in [-0.05, 0) is 56.7 Å². The first-order valence-electron chi connectivity index (χ1n) is 12.0. The lowest BCUT2D eigenvalue weighted by Gasteiger charge is -2.46. The zero-order valence-electron chi connectivity index (χ0n) is 20.5. The van der Waals surface area contributed by atoms with Crippen molar-refractivity contribution in [2.75, 3.05) is 24.7 Å². The number of piperidine rings is 1. The molecule has 1 aromatic carbocycles. The molecule has 0 saturated carbocycles. The molecule has 1 aliphatic rings. The summed E-state index contributed by atoms with van der Waals surface area (Å²) in [5.41, 5.74) is 1.10. The molecule has 1 aliphatic heterocycles. The third kappa shape index (κ3) is 7.47. The second-order valence-electron chi connectivity index (χ2n) is 8.30. The van der Waals surface area contributed by atoms with Crippen molar-refractivity contribution in [2.24, 2.45) is 5.92 Å². The molecular formula is C25H38N2O5S2. The summed E-state index contributed by atoms with van der Waals surface area (Å²) in [6, 6.07) is 7.52. The van der Waals surface area contributed by atoms with Crippen LogP contribution in [-0.4, -0.2) is 69.7 Å². The van der Waals surface area contributed by atoms with Crippen LogP contribution in [0.5, 0.6) is 0 Å². The van der Waals surface area contributed by atoms with E-state index in [-0.39, 0.29) is 12.4 Å². The molecule has 0 amide bonds. The Kier molecular flexibility index (Phi) is 11.9. The lowest BCUT2D eigenvalue weighted by atomic mass is 9.83. The van der Waals surface area contributed by atoms with Gasteiger partial charge in [-0.15, -0.1) is 23.5 Å². The first-order valence-corrected chi connectivity index (χ1v) is 14.0. The number of rotatable bonds is 14. The Hall–Kier alpha value is -1.55. The van der Waals surface area contributed by atoms with Crippen LogP contribution < -0.4 is 10.6 Å². The largest absolute Gasteiger partial charge is 0.480 e. The van der Waals surface area contributed by atoms with E-state index in [0.717, 1.165) is 17.1 Å². The third-order valence-corrected chi connectivity index (χ3v) is 9.19. The van der Waals surface area contributed by atoms with Crippen molar-refractivity contribution in [3.8, 4) is 0 Å². The second-order valence-corrected chi connectivity index (χ2v) is 11.7. The van der Waals surface area contributed by atoms with Crippen molar-refractivity contribution in [3.05, 3.63) is 35.9 Å². The van der Waals surface area contributed by atoms with Crippen LogP contribution in [0.4, 0.5) is 0 Å². The van der Waals surface area contributed by atoms with E-state index in [0.29, 0.717) is 25.8 Å². The standard InChI is InChI=1S/C25H38N2O5S2/c1-5-32-24(31)19(14-13-18-11-9-8-10-12-18)27-17(4)22(28)20-21(23(29)30)26-16-15-25(20,33-6-2)34-7-3/h8-12,17,19-21,26-27H,5-7,13-16H2,1-4H3,(H,29,30)/t17-,19?,20?,21?/m0/s1. The van der Waals surface area contributed by atoms with Crippen molar-refractivity contribution >= 4 is 41.2 Å². The first-order chi connectivity index (χ1) is 16.3. The quantitative estimate of drug-likeness (QED) is 0.257. The molecule has 0 aromatic heterocycles. The summed E-state index contributed by atoms with van der Waals surface area (Å²) >= 11 is 3.32. The van der Waals surface area contributed by atoms with Crippen molar-refractivity contribution in [2.45, 2.75) is 69.2 Å². The van der Waals surface area contributed by atoms with Gasteiger partial charge in [0.05, 0.1) is 22.6 Å². The van der Waals surface area contributed by atoms with Gasteiger partial charge in [0, 0.05) is 0 Å². The smallest absolute Gasteiger partial charge is 0.323 e. The molecule has 0 spiro atoms. The van der Waals surface area contributed by atoms with Crippen LogP contribution in [-0.2, 0) is 25.5 Å². The average molecular weight is 511 g/mol. The van der Waals surface area contributed by atoms with Crippen LogP contribution in [0.2, 0.25) is 0 Å². The molecule has 0 radical (unpaired) electrons. The number of carbonyl (C=O) groups excluding carboxylic acids is 2. The fourth-order valence-electron chi connectivity index (χ4n) is 4.52. The number of aryl methyl sites for hydroxylation is 1. The fraction of sp³-hybridized carbons (Fsp3) is 0.640. The van der Waals surface area contributed by atoms with Gasteiger partial charge in [0.1, 0.15) is 12.1 Å². The number of nitrogens with one attached hydrogen (secondary N) is 2. The van der Waals surface area contributed by atoms with E-state index in [1.807, 2.05) is 44.2 Å². The predicted molar refractivity (Wildman–Crippen MR) is 139 cm³/mol. The molecule has 0 aliphatic carbocycles. The topological polar surface area (TPSA) is 105 Å². The van der Waals surface area contributed by atoms with Gasteiger partial charge in [-0.25, -0.2) is 0 Å². The molecule has 1 heterocycles. The maximum atomic E-state index is 13.8. The van der Waals surface area contributed by atoms with Gasteiger partial charge < -0.3 is 15.2 Å². The van der Waals surface area contributed by atoms with Crippen molar-refractivity contribution < 1.29 is 24.2 Å². The summed E-state index contributed by atoms with van der Waals surface area (Å²) in [4.78, 5) is 38.7. The summed E-state index contributed by atoms with van der Waals surface area (Å²) < 4.78 is 4.75. The Morgan fingerprint density at radius 2 is 1.82 bits per heavy atom. The van der Waals surface area contributed by atoms with Gasteiger partial charge in [-0.3, -0.25) is 19.7 Å².